The normalized spacial score (nSPS) is 14.4. The number of hydrogen-bond donors (Lipinski definition) is 2. The van der Waals surface area contributed by atoms with Crippen LogP contribution in [0, 0.1) is 0 Å². The summed E-state index contributed by atoms with van der Waals surface area (Å²) < 4.78 is 24.3. The molecule has 1 aliphatic heterocycles. The van der Waals surface area contributed by atoms with Gasteiger partial charge in [-0.05, 0) is 50.1 Å². The van der Waals surface area contributed by atoms with E-state index in [0.29, 0.717) is 57.7 Å². The highest BCUT2D eigenvalue weighted by Crippen LogP contribution is 2.44. The third-order valence-electron chi connectivity index (χ3n) is 6.24. The van der Waals surface area contributed by atoms with E-state index < -0.39 is 6.04 Å². The van der Waals surface area contributed by atoms with Crippen molar-refractivity contribution in [2.24, 2.45) is 0 Å². The molecule has 1 aliphatic rings. The number of amides is 1. The van der Waals surface area contributed by atoms with E-state index in [2.05, 4.69) is 17.6 Å². The molecule has 0 spiro atoms. The Hall–Kier alpha value is -3.86. The van der Waals surface area contributed by atoms with Gasteiger partial charge in [0.15, 0.2) is 11.5 Å². The minimum Gasteiger partial charge on any atom is -0.493 e. The van der Waals surface area contributed by atoms with Gasteiger partial charge in [0.05, 0.1) is 39.2 Å². The van der Waals surface area contributed by atoms with Crippen molar-refractivity contribution in [3.8, 4) is 23.0 Å². The van der Waals surface area contributed by atoms with Gasteiger partial charge in [-0.2, -0.15) is 4.98 Å². The highest BCUT2D eigenvalue weighted by molar-refractivity contribution is 7.99. The van der Waals surface area contributed by atoms with E-state index in [1.807, 2.05) is 50.2 Å². The molecule has 2 aromatic carbocycles. The van der Waals surface area contributed by atoms with E-state index in [1.165, 1.54) is 0 Å². The number of rotatable bonds is 12. The van der Waals surface area contributed by atoms with Crippen LogP contribution in [0.25, 0.3) is 0 Å². The van der Waals surface area contributed by atoms with E-state index in [9.17, 15) is 4.79 Å². The zero-order valence-electron chi connectivity index (χ0n) is 23.2. The van der Waals surface area contributed by atoms with Crippen LogP contribution in [-0.2, 0) is 4.79 Å². The second kappa shape index (κ2) is 12.8. The van der Waals surface area contributed by atoms with Crippen LogP contribution < -0.4 is 29.6 Å². The summed E-state index contributed by atoms with van der Waals surface area (Å²) in [4.78, 5) is 18.7. The number of carbonyl (C=O) groups is 1. The molecule has 0 bridgehead atoms. The Morgan fingerprint density at radius 2 is 1.79 bits per heavy atom. The summed E-state index contributed by atoms with van der Waals surface area (Å²) in [6.45, 7) is 6.39. The number of unbranched alkanes of at least 4 members (excludes halogenated alkanes) is 1. The zero-order chi connectivity index (χ0) is 27.9. The van der Waals surface area contributed by atoms with Crippen molar-refractivity contribution >= 4 is 29.3 Å². The van der Waals surface area contributed by atoms with E-state index in [1.54, 1.807) is 37.8 Å². The van der Waals surface area contributed by atoms with Gasteiger partial charge in [-0.3, -0.25) is 4.79 Å². The largest absolute Gasteiger partial charge is 0.493 e. The lowest BCUT2D eigenvalue weighted by atomic mass is 9.94. The van der Waals surface area contributed by atoms with Crippen LogP contribution in [0.2, 0.25) is 0 Å². The van der Waals surface area contributed by atoms with Crippen molar-refractivity contribution < 1.29 is 23.7 Å². The molecule has 4 rings (SSSR count). The fourth-order valence-electron chi connectivity index (χ4n) is 4.40. The molecular weight excluding hydrogens is 518 g/mol. The number of carbonyl (C=O) groups excluding carboxylic acids is 1. The molecule has 1 aromatic heterocycles. The third kappa shape index (κ3) is 5.93. The predicted octanol–water partition coefficient (Wildman–Crippen LogP) is 5.52. The van der Waals surface area contributed by atoms with Gasteiger partial charge in [-0.25, -0.2) is 4.68 Å². The smallest absolute Gasteiger partial charge is 0.255 e. The van der Waals surface area contributed by atoms with E-state index in [0.717, 1.165) is 24.2 Å². The molecule has 0 saturated heterocycles. The lowest BCUT2D eigenvalue weighted by Crippen LogP contribution is -2.31. The molecule has 39 heavy (non-hydrogen) atoms. The van der Waals surface area contributed by atoms with Gasteiger partial charge in [0.2, 0.25) is 16.9 Å². The molecule has 1 unspecified atom stereocenters. The highest BCUT2D eigenvalue weighted by atomic mass is 32.2. The van der Waals surface area contributed by atoms with Crippen molar-refractivity contribution in [3.05, 3.63) is 53.2 Å². The first-order chi connectivity index (χ1) is 18.9. The zero-order valence-corrected chi connectivity index (χ0v) is 24.0. The van der Waals surface area contributed by atoms with Crippen LogP contribution in [0.1, 0.15) is 45.2 Å². The number of fused-ring (bicyclic) bond motifs is 1. The van der Waals surface area contributed by atoms with Crippen LogP contribution in [0.3, 0.4) is 0 Å². The minimum absolute atomic E-state index is 0.299. The van der Waals surface area contributed by atoms with Crippen molar-refractivity contribution in [1.29, 1.82) is 0 Å². The summed E-state index contributed by atoms with van der Waals surface area (Å²) in [5, 5.41) is 11.8. The quantitative estimate of drug-likeness (QED) is 0.221. The van der Waals surface area contributed by atoms with Crippen molar-refractivity contribution in [2.45, 2.75) is 44.8 Å². The molecule has 0 aliphatic carbocycles. The minimum atomic E-state index is -0.623. The van der Waals surface area contributed by atoms with Crippen LogP contribution in [0.5, 0.6) is 23.0 Å². The van der Waals surface area contributed by atoms with Gasteiger partial charge in [0, 0.05) is 11.4 Å². The van der Waals surface area contributed by atoms with E-state index in [4.69, 9.17) is 29.0 Å². The number of nitrogens with zero attached hydrogens (tertiary/aromatic N) is 3. The Morgan fingerprint density at radius 1 is 1.08 bits per heavy atom. The molecule has 1 amide bonds. The standard InChI is InChI=1S/C28H35N5O5S/c1-7-9-14-39-28-31-27-29-17(3)23(26(34)30-19-12-10-11-13-20(19)38-8-2)24(33(27)32-28)18-15-21(35-4)25(37-6)22(16-18)36-5/h10-13,15-16,24H,7-9,14H2,1-6H3,(H,30,34)(H,29,31,32). The fourth-order valence-corrected chi connectivity index (χ4v) is 5.32. The Labute approximate surface area is 233 Å². The summed E-state index contributed by atoms with van der Waals surface area (Å²) in [5.41, 5.74) is 2.43. The molecule has 2 heterocycles. The van der Waals surface area contributed by atoms with Gasteiger partial charge < -0.3 is 29.6 Å². The number of nitrogens with one attached hydrogen (secondary N) is 2. The van der Waals surface area contributed by atoms with Gasteiger partial charge in [0.1, 0.15) is 11.8 Å². The van der Waals surface area contributed by atoms with E-state index >= 15 is 0 Å². The molecule has 208 valence electrons. The lowest BCUT2D eigenvalue weighted by molar-refractivity contribution is -0.113. The van der Waals surface area contributed by atoms with Crippen LogP contribution in [0.4, 0.5) is 11.6 Å². The molecule has 0 radical (unpaired) electrons. The number of hydrogen-bond acceptors (Lipinski definition) is 9. The lowest BCUT2D eigenvalue weighted by Gasteiger charge is -2.29. The summed E-state index contributed by atoms with van der Waals surface area (Å²) in [6.07, 6.45) is 2.14. The maximum Gasteiger partial charge on any atom is 0.255 e. The fraction of sp³-hybridized carbons (Fsp3) is 0.393. The molecular formula is C28H35N5O5S. The number of aromatic nitrogens is 3. The Morgan fingerprint density at radius 3 is 2.44 bits per heavy atom. The number of methoxy groups -OCH3 is 3. The number of anilines is 2. The second-order valence-electron chi connectivity index (χ2n) is 8.77. The van der Waals surface area contributed by atoms with Crippen molar-refractivity contribution in [2.75, 3.05) is 44.3 Å². The average molecular weight is 554 g/mol. The second-order valence-corrected chi connectivity index (χ2v) is 9.83. The SMILES string of the molecule is CCCCSc1nc2n(n1)C(c1cc(OC)c(OC)c(OC)c1)C(C(=O)Nc1ccccc1OCC)=C(C)N2. The molecule has 3 aromatic rings. The molecule has 11 heteroatoms. The summed E-state index contributed by atoms with van der Waals surface area (Å²) >= 11 is 1.59. The van der Waals surface area contributed by atoms with Crippen molar-refractivity contribution in [3.63, 3.8) is 0 Å². The van der Waals surface area contributed by atoms with Crippen LogP contribution >= 0.6 is 11.8 Å². The average Bonchev–Trinajstić information content (AvgIpc) is 3.34. The van der Waals surface area contributed by atoms with Gasteiger partial charge in [-0.1, -0.05) is 37.2 Å². The number of thioether (sulfide) groups is 1. The number of allylic oxidation sites excluding steroid dienone is 1. The summed E-state index contributed by atoms with van der Waals surface area (Å²) in [7, 11) is 4.68. The summed E-state index contributed by atoms with van der Waals surface area (Å²) in [6, 6.07) is 10.4. The Balaban J connectivity index is 1.83. The first-order valence-electron chi connectivity index (χ1n) is 12.9. The molecule has 10 nitrogen and oxygen atoms in total. The maximum absolute atomic E-state index is 14.0. The third-order valence-corrected chi connectivity index (χ3v) is 7.17. The topological polar surface area (TPSA) is 109 Å². The first kappa shape index (κ1) is 28.2. The highest BCUT2D eigenvalue weighted by Gasteiger charge is 2.36. The molecule has 0 saturated carbocycles. The van der Waals surface area contributed by atoms with E-state index in [-0.39, 0.29) is 5.91 Å². The number of para-hydroxylation sites is 2. The summed E-state index contributed by atoms with van der Waals surface area (Å²) in [5.74, 6) is 3.17. The molecule has 1 atom stereocenters. The maximum atomic E-state index is 14.0. The molecule has 0 fully saturated rings. The van der Waals surface area contributed by atoms with Crippen molar-refractivity contribution in [1.82, 2.24) is 14.8 Å². The Bertz CT molecular complexity index is 1330. The molecule has 2 N–H and O–H groups in total. The predicted molar refractivity (Wildman–Crippen MR) is 152 cm³/mol. The van der Waals surface area contributed by atoms with Gasteiger partial charge in [-0.15, -0.1) is 5.10 Å². The Kier molecular flexibility index (Phi) is 9.23. The van der Waals surface area contributed by atoms with Gasteiger partial charge in [0.25, 0.3) is 5.91 Å². The monoisotopic (exact) mass is 553 g/mol. The van der Waals surface area contributed by atoms with Crippen LogP contribution in [-0.4, -0.2) is 54.4 Å². The first-order valence-corrected chi connectivity index (χ1v) is 13.8. The van der Waals surface area contributed by atoms with Gasteiger partial charge >= 0.3 is 0 Å². The number of benzene rings is 2. The van der Waals surface area contributed by atoms with Crippen LogP contribution in [0.15, 0.2) is 52.8 Å². The number of ether oxygens (including phenoxy) is 4.